The highest BCUT2D eigenvalue weighted by Gasteiger charge is 2.01. The lowest BCUT2D eigenvalue weighted by Gasteiger charge is -2.07. The summed E-state index contributed by atoms with van der Waals surface area (Å²) in [5, 5.41) is 6.07. The van der Waals surface area contributed by atoms with E-state index in [4.69, 9.17) is 0 Å². The lowest BCUT2D eigenvalue weighted by molar-refractivity contribution is 0.610. The number of hydrogen-bond acceptors (Lipinski definition) is 4. The zero-order chi connectivity index (χ0) is 12.8. The first-order valence-corrected chi connectivity index (χ1v) is 5.76. The van der Waals surface area contributed by atoms with Gasteiger partial charge in [-0.2, -0.15) is 0 Å². The molecule has 0 saturated carbocycles. The zero-order valence-electron chi connectivity index (χ0n) is 10.2. The average Bonchev–Trinajstić information content (AvgIpc) is 2.41. The van der Waals surface area contributed by atoms with Gasteiger partial charge in [-0.3, -0.25) is 0 Å². The number of anilines is 2. The van der Waals surface area contributed by atoms with Crippen molar-refractivity contribution >= 4 is 11.6 Å². The van der Waals surface area contributed by atoms with E-state index in [9.17, 15) is 4.39 Å². The molecule has 1 aromatic heterocycles. The number of benzene rings is 1. The largest absolute Gasteiger partial charge is 0.373 e. The Morgan fingerprint density at radius 1 is 1.17 bits per heavy atom. The Hall–Kier alpha value is -2.17. The molecule has 1 heterocycles. The van der Waals surface area contributed by atoms with Crippen LogP contribution in [0.3, 0.4) is 0 Å². The molecule has 0 aliphatic carbocycles. The molecule has 0 atom stereocenters. The molecule has 0 saturated heterocycles. The quantitative estimate of drug-likeness (QED) is 0.850. The molecule has 0 aliphatic heterocycles. The van der Waals surface area contributed by atoms with Gasteiger partial charge in [0.2, 0.25) is 0 Å². The van der Waals surface area contributed by atoms with E-state index in [0.717, 1.165) is 11.6 Å². The van der Waals surface area contributed by atoms with Crippen LogP contribution in [0.25, 0.3) is 0 Å². The first kappa shape index (κ1) is 12.3. The van der Waals surface area contributed by atoms with Crippen LogP contribution in [-0.2, 0) is 6.42 Å². The van der Waals surface area contributed by atoms with Crippen molar-refractivity contribution in [2.24, 2.45) is 0 Å². The van der Waals surface area contributed by atoms with Crippen LogP contribution in [0, 0.1) is 5.82 Å². The number of hydrogen-bond donors (Lipinski definition) is 2. The van der Waals surface area contributed by atoms with E-state index in [1.54, 1.807) is 25.2 Å². The Bertz CT molecular complexity index is 516. The van der Waals surface area contributed by atoms with E-state index in [1.165, 1.54) is 12.4 Å². The van der Waals surface area contributed by atoms with E-state index >= 15 is 0 Å². The lowest BCUT2D eigenvalue weighted by Crippen LogP contribution is -2.08. The second-order valence-corrected chi connectivity index (χ2v) is 3.81. The van der Waals surface area contributed by atoms with E-state index in [1.807, 2.05) is 6.07 Å². The average molecular weight is 246 g/mol. The first-order valence-electron chi connectivity index (χ1n) is 5.76. The minimum Gasteiger partial charge on any atom is -0.373 e. The molecule has 1 aromatic carbocycles. The molecule has 0 amide bonds. The molecule has 2 rings (SSSR count). The fourth-order valence-electron chi connectivity index (χ4n) is 1.62. The molecule has 0 unspecified atom stereocenters. The van der Waals surface area contributed by atoms with Crippen LogP contribution in [0.1, 0.15) is 5.56 Å². The zero-order valence-corrected chi connectivity index (χ0v) is 10.2. The van der Waals surface area contributed by atoms with Crippen molar-refractivity contribution in [3.63, 3.8) is 0 Å². The highest BCUT2D eigenvalue weighted by Crippen LogP contribution is 2.09. The van der Waals surface area contributed by atoms with Gasteiger partial charge in [0.25, 0.3) is 0 Å². The van der Waals surface area contributed by atoms with Gasteiger partial charge in [-0.15, -0.1) is 0 Å². The van der Waals surface area contributed by atoms with Crippen molar-refractivity contribution in [1.82, 2.24) is 9.97 Å². The summed E-state index contributed by atoms with van der Waals surface area (Å²) in [6.45, 7) is 0.626. The maximum atomic E-state index is 13.4. The second-order valence-electron chi connectivity index (χ2n) is 3.81. The molecule has 5 heteroatoms. The predicted molar refractivity (Wildman–Crippen MR) is 70.2 cm³/mol. The topological polar surface area (TPSA) is 49.8 Å². The van der Waals surface area contributed by atoms with Crippen LogP contribution in [0.4, 0.5) is 16.0 Å². The normalized spacial score (nSPS) is 10.1. The number of nitrogens with zero attached hydrogens (tertiary/aromatic N) is 2. The van der Waals surface area contributed by atoms with Gasteiger partial charge in [0.05, 0.1) is 0 Å². The third kappa shape index (κ3) is 3.16. The molecule has 18 heavy (non-hydrogen) atoms. The van der Waals surface area contributed by atoms with Crippen LogP contribution < -0.4 is 10.6 Å². The van der Waals surface area contributed by atoms with Crippen LogP contribution in [0.2, 0.25) is 0 Å². The van der Waals surface area contributed by atoms with Crippen LogP contribution in [0.5, 0.6) is 0 Å². The van der Waals surface area contributed by atoms with Crippen LogP contribution in [0.15, 0.2) is 36.7 Å². The first-order chi connectivity index (χ1) is 8.79. The summed E-state index contributed by atoms with van der Waals surface area (Å²) in [5.74, 6) is 1.31. The van der Waals surface area contributed by atoms with E-state index in [2.05, 4.69) is 20.6 Å². The summed E-state index contributed by atoms with van der Waals surface area (Å²) in [6, 6.07) is 8.59. The molecule has 0 spiro atoms. The van der Waals surface area contributed by atoms with Gasteiger partial charge < -0.3 is 10.6 Å². The van der Waals surface area contributed by atoms with E-state index in [-0.39, 0.29) is 5.82 Å². The number of nitrogens with one attached hydrogen (secondary N) is 2. The van der Waals surface area contributed by atoms with Crippen molar-refractivity contribution in [2.75, 3.05) is 24.2 Å². The predicted octanol–water partition coefficient (Wildman–Crippen LogP) is 2.31. The maximum absolute atomic E-state index is 13.4. The molecule has 0 fully saturated rings. The molecule has 0 bridgehead atoms. The summed E-state index contributed by atoms with van der Waals surface area (Å²) in [6.07, 6.45) is 2.10. The summed E-state index contributed by atoms with van der Waals surface area (Å²) >= 11 is 0. The Balaban J connectivity index is 1.90. The van der Waals surface area contributed by atoms with Crippen molar-refractivity contribution in [3.05, 3.63) is 48.0 Å². The lowest BCUT2D eigenvalue weighted by atomic mass is 10.1. The maximum Gasteiger partial charge on any atom is 0.131 e. The standard InChI is InChI=1S/C13H15FN4/c1-15-12-8-13(18-9-17-12)16-7-6-10-4-2-3-5-11(10)14/h2-5,8-9H,6-7H2,1H3,(H2,15,16,17,18). The van der Waals surface area contributed by atoms with Crippen LogP contribution in [-0.4, -0.2) is 23.6 Å². The highest BCUT2D eigenvalue weighted by molar-refractivity contribution is 5.45. The van der Waals surface area contributed by atoms with Crippen molar-refractivity contribution < 1.29 is 4.39 Å². The van der Waals surface area contributed by atoms with Crippen LogP contribution >= 0.6 is 0 Å². The number of rotatable bonds is 5. The fraction of sp³-hybridized carbons (Fsp3) is 0.231. The Kier molecular flexibility index (Phi) is 4.06. The molecule has 2 aromatic rings. The van der Waals surface area contributed by atoms with E-state index in [0.29, 0.717) is 18.5 Å². The highest BCUT2D eigenvalue weighted by atomic mass is 19.1. The van der Waals surface area contributed by atoms with Crippen molar-refractivity contribution in [2.45, 2.75) is 6.42 Å². The van der Waals surface area contributed by atoms with Gasteiger partial charge in [0.15, 0.2) is 0 Å². The van der Waals surface area contributed by atoms with Gasteiger partial charge in [0, 0.05) is 19.7 Å². The Morgan fingerprint density at radius 2 is 1.94 bits per heavy atom. The fourth-order valence-corrected chi connectivity index (χ4v) is 1.62. The monoisotopic (exact) mass is 246 g/mol. The van der Waals surface area contributed by atoms with Gasteiger partial charge in [-0.05, 0) is 18.1 Å². The van der Waals surface area contributed by atoms with Gasteiger partial charge >= 0.3 is 0 Å². The SMILES string of the molecule is CNc1cc(NCCc2ccccc2F)ncn1. The minimum atomic E-state index is -0.169. The molecular weight excluding hydrogens is 231 g/mol. The summed E-state index contributed by atoms with van der Waals surface area (Å²) in [7, 11) is 1.80. The molecule has 94 valence electrons. The Morgan fingerprint density at radius 3 is 2.72 bits per heavy atom. The summed E-state index contributed by atoms with van der Waals surface area (Å²) < 4.78 is 13.4. The molecular formula is C13H15FN4. The van der Waals surface area contributed by atoms with Gasteiger partial charge in [0.1, 0.15) is 23.8 Å². The third-order valence-corrected chi connectivity index (χ3v) is 2.58. The van der Waals surface area contributed by atoms with Gasteiger partial charge in [-0.1, -0.05) is 18.2 Å². The van der Waals surface area contributed by atoms with Gasteiger partial charge in [-0.25, -0.2) is 14.4 Å². The molecule has 4 nitrogen and oxygen atoms in total. The molecule has 0 radical (unpaired) electrons. The Labute approximate surface area is 105 Å². The third-order valence-electron chi connectivity index (χ3n) is 2.58. The smallest absolute Gasteiger partial charge is 0.131 e. The van der Waals surface area contributed by atoms with Crippen molar-refractivity contribution in [1.29, 1.82) is 0 Å². The number of halogens is 1. The van der Waals surface area contributed by atoms with E-state index < -0.39 is 0 Å². The van der Waals surface area contributed by atoms with Crippen molar-refractivity contribution in [3.8, 4) is 0 Å². The number of aromatic nitrogens is 2. The second kappa shape index (κ2) is 5.95. The summed E-state index contributed by atoms with van der Waals surface area (Å²) in [4.78, 5) is 8.10. The molecule has 0 aliphatic rings. The molecule has 2 N–H and O–H groups in total. The minimum absolute atomic E-state index is 0.169. The summed E-state index contributed by atoms with van der Waals surface area (Å²) in [5.41, 5.74) is 0.702.